The quantitative estimate of drug-likeness (QED) is 0.604. The Kier molecular flexibility index (Phi) is 5.76. The number of hydrogen-bond acceptors (Lipinski definition) is 5. The van der Waals surface area contributed by atoms with Gasteiger partial charge in [-0.25, -0.2) is 0 Å². The van der Waals surface area contributed by atoms with E-state index in [2.05, 4.69) is 64.5 Å². The fraction of sp³-hybridized carbons (Fsp3) is 0.400. The third-order valence-corrected chi connectivity index (χ3v) is 6.66. The Morgan fingerprint density at radius 2 is 2.00 bits per heavy atom. The summed E-state index contributed by atoms with van der Waals surface area (Å²) in [6.07, 6.45) is 14.3. The Morgan fingerprint density at radius 3 is 2.73 bits per heavy atom. The number of rotatable bonds is 5. The number of benzene rings is 1. The molecule has 8 nitrogen and oxygen atoms in total. The molecule has 4 heterocycles. The molecule has 1 saturated heterocycles. The van der Waals surface area contributed by atoms with Gasteiger partial charge in [-0.05, 0) is 51.2 Å². The summed E-state index contributed by atoms with van der Waals surface area (Å²) in [6, 6.07) is 6.84. The molecule has 0 aliphatic carbocycles. The van der Waals surface area contributed by atoms with E-state index in [1.165, 1.54) is 0 Å². The molecule has 1 fully saturated rings. The van der Waals surface area contributed by atoms with Gasteiger partial charge in [0, 0.05) is 61.8 Å². The van der Waals surface area contributed by atoms with Gasteiger partial charge in [-0.15, -0.1) is 0 Å². The Hall–Kier alpha value is -3.39. The summed E-state index contributed by atoms with van der Waals surface area (Å²) >= 11 is 0. The van der Waals surface area contributed by atoms with Crippen LogP contribution >= 0.6 is 0 Å². The molecule has 0 radical (unpaired) electrons. The highest BCUT2D eigenvalue weighted by molar-refractivity contribution is 5.88. The number of likely N-dealkylation sites (tertiary alicyclic amines) is 1. The number of carbonyl (C=O) groups is 1. The lowest BCUT2D eigenvalue weighted by atomic mass is 10.0. The zero-order chi connectivity index (χ0) is 22.9. The predicted octanol–water partition coefficient (Wildman–Crippen LogP) is 2.74. The lowest BCUT2D eigenvalue weighted by Crippen LogP contribution is -2.45. The van der Waals surface area contributed by atoms with Crippen molar-refractivity contribution in [1.82, 2.24) is 29.4 Å². The van der Waals surface area contributed by atoms with E-state index in [4.69, 9.17) is 0 Å². The van der Waals surface area contributed by atoms with Gasteiger partial charge in [-0.1, -0.05) is 12.2 Å². The zero-order valence-corrected chi connectivity index (χ0v) is 19.6. The molecule has 0 unspecified atom stereocenters. The molecule has 5 rings (SSSR count). The number of aryl methyl sites for hydroxylation is 1. The van der Waals surface area contributed by atoms with Crippen LogP contribution in [0.25, 0.3) is 16.6 Å². The predicted molar refractivity (Wildman–Crippen MR) is 131 cm³/mol. The summed E-state index contributed by atoms with van der Waals surface area (Å²) < 4.78 is 3.60. The minimum atomic E-state index is 0.142. The largest absolute Gasteiger partial charge is 0.341 e. The van der Waals surface area contributed by atoms with E-state index in [0.717, 1.165) is 60.3 Å². The van der Waals surface area contributed by atoms with E-state index >= 15 is 0 Å². The molecule has 33 heavy (non-hydrogen) atoms. The number of allylic oxidation sites excluding steroid dienone is 2. The third kappa shape index (κ3) is 4.43. The molecule has 1 amide bonds. The van der Waals surface area contributed by atoms with Crippen molar-refractivity contribution in [3.05, 3.63) is 60.6 Å². The maximum Gasteiger partial charge on any atom is 0.244 e. The van der Waals surface area contributed by atoms with Crippen molar-refractivity contribution in [2.75, 3.05) is 38.6 Å². The normalized spacial score (nSPS) is 17.3. The van der Waals surface area contributed by atoms with Crippen LogP contribution in [0.1, 0.15) is 18.4 Å². The molecule has 0 atom stereocenters. The van der Waals surface area contributed by atoms with Gasteiger partial charge in [0.25, 0.3) is 0 Å². The molecule has 8 heteroatoms. The molecule has 172 valence electrons. The van der Waals surface area contributed by atoms with Crippen molar-refractivity contribution in [3.8, 4) is 0 Å². The molecule has 2 aromatic heterocycles. The first-order valence-corrected chi connectivity index (χ1v) is 11.5. The second kappa shape index (κ2) is 8.86. The Morgan fingerprint density at radius 1 is 1.18 bits per heavy atom. The molecule has 3 aromatic rings. The van der Waals surface area contributed by atoms with Crippen molar-refractivity contribution in [2.24, 2.45) is 7.05 Å². The monoisotopic (exact) mass is 445 g/mol. The van der Waals surface area contributed by atoms with Gasteiger partial charge >= 0.3 is 0 Å². The average Bonchev–Trinajstić information content (AvgIpc) is 3.44. The van der Waals surface area contributed by atoms with Crippen molar-refractivity contribution in [3.63, 3.8) is 0 Å². The van der Waals surface area contributed by atoms with Crippen molar-refractivity contribution in [2.45, 2.75) is 25.4 Å². The maximum atomic E-state index is 12.9. The van der Waals surface area contributed by atoms with Crippen LogP contribution in [-0.4, -0.2) is 75.0 Å². The minimum absolute atomic E-state index is 0.142. The zero-order valence-electron chi connectivity index (χ0n) is 19.6. The fourth-order valence-electron chi connectivity index (χ4n) is 4.75. The van der Waals surface area contributed by atoms with Crippen LogP contribution in [-0.2, 0) is 18.4 Å². The van der Waals surface area contributed by atoms with Gasteiger partial charge in [0.05, 0.1) is 17.4 Å². The van der Waals surface area contributed by atoms with E-state index in [1.807, 2.05) is 41.3 Å². The highest BCUT2D eigenvalue weighted by Crippen LogP contribution is 2.30. The topological polar surface area (TPSA) is 62.4 Å². The lowest BCUT2D eigenvalue weighted by molar-refractivity contribution is -0.133. The molecule has 2 aliphatic rings. The van der Waals surface area contributed by atoms with Gasteiger partial charge in [-0.2, -0.15) is 10.2 Å². The summed E-state index contributed by atoms with van der Waals surface area (Å²) in [6.45, 7) is 2.71. The van der Waals surface area contributed by atoms with Crippen LogP contribution < -0.4 is 4.90 Å². The first-order valence-electron chi connectivity index (χ1n) is 11.5. The van der Waals surface area contributed by atoms with Crippen molar-refractivity contribution in [1.29, 1.82) is 0 Å². The summed E-state index contributed by atoms with van der Waals surface area (Å²) in [7, 11) is 6.15. The average molecular weight is 446 g/mol. The van der Waals surface area contributed by atoms with Crippen LogP contribution in [0.4, 0.5) is 5.69 Å². The van der Waals surface area contributed by atoms with Gasteiger partial charge < -0.3 is 14.7 Å². The number of hydrogen-bond donors (Lipinski definition) is 0. The maximum absolute atomic E-state index is 12.9. The van der Waals surface area contributed by atoms with E-state index in [9.17, 15) is 4.79 Å². The van der Waals surface area contributed by atoms with Crippen LogP contribution in [0.15, 0.2) is 55.0 Å². The Balaban J connectivity index is 1.31. The second-order valence-corrected chi connectivity index (χ2v) is 9.14. The van der Waals surface area contributed by atoms with Crippen molar-refractivity contribution >= 4 is 28.2 Å². The van der Waals surface area contributed by atoms with Gasteiger partial charge in [0.2, 0.25) is 5.91 Å². The molecule has 0 saturated carbocycles. The van der Waals surface area contributed by atoms with Crippen molar-refractivity contribution < 1.29 is 4.79 Å². The summed E-state index contributed by atoms with van der Waals surface area (Å²) in [5.74, 6) is 0.142. The molecule has 0 bridgehead atoms. The number of fused-ring (bicyclic) bond motifs is 1. The number of anilines is 1. The summed E-state index contributed by atoms with van der Waals surface area (Å²) in [5.41, 5.74) is 4.20. The Bertz CT molecular complexity index is 1210. The van der Waals surface area contributed by atoms with Gasteiger partial charge in [0.1, 0.15) is 6.54 Å². The third-order valence-electron chi connectivity index (χ3n) is 6.66. The van der Waals surface area contributed by atoms with E-state index in [0.29, 0.717) is 6.04 Å². The molecule has 2 aliphatic heterocycles. The number of amides is 1. The van der Waals surface area contributed by atoms with Gasteiger partial charge in [-0.3, -0.25) is 14.2 Å². The van der Waals surface area contributed by atoms with E-state index < -0.39 is 0 Å². The fourth-order valence-corrected chi connectivity index (χ4v) is 4.75. The number of piperidine rings is 1. The van der Waals surface area contributed by atoms with Crippen LogP contribution in [0.2, 0.25) is 0 Å². The van der Waals surface area contributed by atoms with Crippen LogP contribution in [0.5, 0.6) is 0 Å². The highest BCUT2D eigenvalue weighted by atomic mass is 16.2. The number of carbonyl (C=O) groups excluding carboxylic acids is 1. The highest BCUT2D eigenvalue weighted by Gasteiger charge is 2.24. The summed E-state index contributed by atoms with van der Waals surface area (Å²) in [4.78, 5) is 19.4. The number of nitrogens with zero attached hydrogens (tertiary/aromatic N) is 7. The summed E-state index contributed by atoms with van der Waals surface area (Å²) in [5, 5.41) is 10.0. The van der Waals surface area contributed by atoms with E-state index in [-0.39, 0.29) is 12.5 Å². The van der Waals surface area contributed by atoms with Gasteiger partial charge in [0.15, 0.2) is 0 Å². The standard InChI is InChI=1S/C25H31N7O/c1-28(2)21-9-12-30(13-10-21)25(33)18-31-17-19-14-22(7-8-23(19)27-31)32-11-5-4-6-24(32)20-15-26-29(3)16-20/h4-8,14-17,21H,9-13,18H2,1-3H3. The number of aromatic nitrogens is 4. The second-order valence-electron chi connectivity index (χ2n) is 9.14. The SMILES string of the molecule is CN(C)C1CCN(C(=O)Cn2cc3cc(N4CC=CC=C4c4cnn(C)c4)ccc3n2)CC1. The Labute approximate surface area is 194 Å². The molecule has 1 aromatic carbocycles. The smallest absolute Gasteiger partial charge is 0.244 e. The first-order chi connectivity index (χ1) is 16.0. The minimum Gasteiger partial charge on any atom is -0.341 e. The van der Waals surface area contributed by atoms with Crippen LogP contribution in [0, 0.1) is 0 Å². The molecule has 0 spiro atoms. The van der Waals surface area contributed by atoms with E-state index in [1.54, 1.807) is 4.68 Å². The van der Waals surface area contributed by atoms with Crippen LogP contribution in [0.3, 0.4) is 0 Å². The molecular formula is C25H31N7O. The molecular weight excluding hydrogens is 414 g/mol. The molecule has 0 N–H and O–H groups in total. The first kappa shape index (κ1) is 21.5. The lowest BCUT2D eigenvalue weighted by Gasteiger charge is -2.35.